The Hall–Kier alpha value is -3.31. The van der Waals surface area contributed by atoms with Gasteiger partial charge in [0.05, 0.1) is 18.3 Å². The van der Waals surface area contributed by atoms with Gasteiger partial charge >= 0.3 is 0 Å². The third-order valence-corrected chi connectivity index (χ3v) is 4.76. The minimum absolute atomic E-state index is 0.250. The van der Waals surface area contributed by atoms with Crippen molar-refractivity contribution in [2.45, 2.75) is 13.1 Å². The van der Waals surface area contributed by atoms with Crippen LogP contribution in [0.15, 0.2) is 72.8 Å². The zero-order chi connectivity index (χ0) is 20.2. The number of aromatic nitrogens is 1. The SMILES string of the molecule is COc1cccc(-c2nc3cc(F)ccc3cc2CNCc2ccc(F)cc2)c1. The molecule has 29 heavy (non-hydrogen) atoms. The number of hydrogen-bond donors (Lipinski definition) is 1. The van der Waals surface area contributed by atoms with Crippen LogP contribution in [0.5, 0.6) is 5.75 Å². The average molecular weight is 390 g/mol. The summed E-state index contributed by atoms with van der Waals surface area (Å²) >= 11 is 0. The van der Waals surface area contributed by atoms with Crippen LogP contribution in [-0.4, -0.2) is 12.1 Å². The van der Waals surface area contributed by atoms with E-state index in [2.05, 4.69) is 5.32 Å². The van der Waals surface area contributed by atoms with E-state index in [1.54, 1.807) is 25.3 Å². The monoisotopic (exact) mass is 390 g/mol. The van der Waals surface area contributed by atoms with E-state index in [9.17, 15) is 8.78 Å². The summed E-state index contributed by atoms with van der Waals surface area (Å²) in [6, 6.07) is 20.7. The van der Waals surface area contributed by atoms with E-state index in [4.69, 9.17) is 9.72 Å². The van der Waals surface area contributed by atoms with E-state index in [-0.39, 0.29) is 11.6 Å². The summed E-state index contributed by atoms with van der Waals surface area (Å²) in [5.74, 6) is 0.165. The van der Waals surface area contributed by atoms with Crippen molar-refractivity contribution in [3.63, 3.8) is 0 Å². The summed E-state index contributed by atoms with van der Waals surface area (Å²) in [6.07, 6.45) is 0. The highest BCUT2D eigenvalue weighted by Crippen LogP contribution is 2.28. The Kier molecular flexibility index (Phi) is 5.49. The Morgan fingerprint density at radius 3 is 2.45 bits per heavy atom. The molecule has 5 heteroatoms. The van der Waals surface area contributed by atoms with E-state index < -0.39 is 0 Å². The first-order valence-corrected chi connectivity index (χ1v) is 9.31. The highest BCUT2D eigenvalue weighted by molar-refractivity contribution is 5.83. The first-order valence-electron chi connectivity index (χ1n) is 9.31. The third-order valence-electron chi connectivity index (χ3n) is 4.76. The van der Waals surface area contributed by atoms with Gasteiger partial charge in [-0.15, -0.1) is 0 Å². The lowest BCUT2D eigenvalue weighted by atomic mass is 10.0. The Morgan fingerprint density at radius 1 is 0.862 bits per heavy atom. The lowest BCUT2D eigenvalue weighted by molar-refractivity contribution is 0.415. The molecule has 3 nitrogen and oxygen atoms in total. The van der Waals surface area contributed by atoms with E-state index in [0.29, 0.717) is 18.6 Å². The fourth-order valence-electron chi connectivity index (χ4n) is 3.28. The molecule has 4 rings (SSSR count). The maximum atomic E-state index is 13.7. The van der Waals surface area contributed by atoms with Crippen LogP contribution >= 0.6 is 0 Å². The molecule has 0 spiro atoms. The van der Waals surface area contributed by atoms with Crippen LogP contribution in [0.3, 0.4) is 0 Å². The highest BCUT2D eigenvalue weighted by Gasteiger charge is 2.11. The van der Waals surface area contributed by atoms with Crippen molar-refractivity contribution in [2.75, 3.05) is 7.11 Å². The van der Waals surface area contributed by atoms with Crippen molar-refractivity contribution >= 4 is 10.9 Å². The van der Waals surface area contributed by atoms with E-state index in [1.165, 1.54) is 24.3 Å². The smallest absolute Gasteiger partial charge is 0.125 e. The minimum Gasteiger partial charge on any atom is -0.497 e. The van der Waals surface area contributed by atoms with Gasteiger partial charge in [-0.3, -0.25) is 0 Å². The van der Waals surface area contributed by atoms with E-state index >= 15 is 0 Å². The molecule has 0 atom stereocenters. The fraction of sp³-hybridized carbons (Fsp3) is 0.125. The first kappa shape index (κ1) is 19.0. The van der Waals surface area contributed by atoms with Gasteiger partial charge in [0.1, 0.15) is 17.4 Å². The molecule has 0 amide bonds. The van der Waals surface area contributed by atoms with Gasteiger partial charge in [0.25, 0.3) is 0 Å². The second-order valence-corrected chi connectivity index (χ2v) is 6.80. The van der Waals surface area contributed by atoms with Crippen molar-refractivity contribution in [3.05, 3.63) is 95.6 Å². The number of nitrogens with zero attached hydrogens (tertiary/aromatic N) is 1. The molecular weight excluding hydrogens is 370 g/mol. The second kappa shape index (κ2) is 8.37. The van der Waals surface area contributed by atoms with Crippen LogP contribution in [-0.2, 0) is 13.1 Å². The number of methoxy groups -OCH3 is 1. The summed E-state index contributed by atoms with van der Waals surface area (Å²) in [7, 11) is 1.62. The Labute approximate surface area is 168 Å². The maximum absolute atomic E-state index is 13.7. The first-order chi connectivity index (χ1) is 14.1. The molecule has 0 saturated heterocycles. The molecule has 146 valence electrons. The summed E-state index contributed by atoms with van der Waals surface area (Å²) in [5, 5.41) is 4.26. The number of hydrogen-bond acceptors (Lipinski definition) is 3. The molecule has 0 fully saturated rings. The van der Waals surface area contributed by atoms with Gasteiger partial charge < -0.3 is 10.1 Å². The predicted octanol–water partition coefficient (Wildman–Crippen LogP) is 5.48. The van der Waals surface area contributed by atoms with Crippen LogP contribution in [0.4, 0.5) is 8.78 Å². The number of fused-ring (bicyclic) bond motifs is 1. The van der Waals surface area contributed by atoms with Crippen molar-refractivity contribution in [1.82, 2.24) is 10.3 Å². The lowest BCUT2D eigenvalue weighted by Gasteiger charge is -2.13. The van der Waals surface area contributed by atoms with E-state index in [0.717, 1.165) is 33.5 Å². The Morgan fingerprint density at radius 2 is 1.66 bits per heavy atom. The molecule has 3 aromatic carbocycles. The lowest BCUT2D eigenvalue weighted by Crippen LogP contribution is -2.14. The third kappa shape index (κ3) is 4.41. The molecule has 1 heterocycles. The second-order valence-electron chi connectivity index (χ2n) is 6.80. The van der Waals surface area contributed by atoms with Crippen LogP contribution in [0, 0.1) is 11.6 Å². The predicted molar refractivity (Wildman–Crippen MR) is 111 cm³/mol. The fourth-order valence-corrected chi connectivity index (χ4v) is 3.28. The molecule has 0 aliphatic heterocycles. The number of rotatable bonds is 6. The molecule has 1 N–H and O–H groups in total. The minimum atomic E-state index is -0.316. The number of halogens is 2. The topological polar surface area (TPSA) is 34.1 Å². The summed E-state index contributed by atoms with van der Waals surface area (Å²) < 4.78 is 32.1. The van der Waals surface area contributed by atoms with Gasteiger partial charge in [0.15, 0.2) is 0 Å². The largest absolute Gasteiger partial charge is 0.497 e. The van der Waals surface area contributed by atoms with Crippen molar-refractivity contribution < 1.29 is 13.5 Å². The molecule has 0 saturated carbocycles. The summed E-state index contributed by atoms with van der Waals surface area (Å²) in [5.41, 5.74) is 4.25. The Balaban J connectivity index is 1.68. The number of ether oxygens (including phenoxy) is 1. The normalized spacial score (nSPS) is 11.0. The number of pyridine rings is 1. The number of benzene rings is 3. The Bertz CT molecular complexity index is 1140. The van der Waals surface area contributed by atoms with Gasteiger partial charge in [-0.2, -0.15) is 0 Å². The highest BCUT2D eigenvalue weighted by atomic mass is 19.1. The molecule has 0 radical (unpaired) electrons. The molecule has 0 aliphatic carbocycles. The summed E-state index contributed by atoms with van der Waals surface area (Å²) in [4.78, 5) is 4.73. The van der Waals surface area contributed by atoms with Crippen LogP contribution < -0.4 is 10.1 Å². The van der Waals surface area contributed by atoms with Crippen molar-refractivity contribution in [2.24, 2.45) is 0 Å². The van der Waals surface area contributed by atoms with Gasteiger partial charge in [0, 0.05) is 30.1 Å². The molecule has 4 aromatic rings. The molecule has 0 aliphatic rings. The number of nitrogens with one attached hydrogen (secondary N) is 1. The van der Waals surface area contributed by atoms with E-state index in [1.807, 2.05) is 30.3 Å². The quantitative estimate of drug-likeness (QED) is 0.473. The zero-order valence-corrected chi connectivity index (χ0v) is 16.0. The van der Waals surface area contributed by atoms with Crippen molar-refractivity contribution in [3.8, 4) is 17.0 Å². The zero-order valence-electron chi connectivity index (χ0n) is 16.0. The summed E-state index contributed by atoms with van der Waals surface area (Å²) in [6.45, 7) is 1.16. The molecule has 0 unspecified atom stereocenters. The average Bonchev–Trinajstić information content (AvgIpc) is 2.75. The molecular formula is C24H20F2N2O. The molecule has 1 aromatic heterocycles. The van der Waals surface area contributed by atoms with Crippen LogP contribution in [0.1, 0.15) is 11.1 Å². The van der Waals surface area contributed by atoms with Gasteiger partial charge in [-0.1, -0.05) is 24.3 Å². The standard InChI is InChI=1S/C24H20F2N2O/c1-29-22-4-2-3-18(12-22)24-19(11-17-7-10-21(26)13-23(17)28-24)15-27-14-16-5-8-20(25)9-6-16/h2-13,27H,14-15H2,1H3. The van der Waals surface area contributed by atoms with Crippen LogP contribution in [0.25, 0.3) is 22.2 Å². The van der Waals surface area contributed by atoms with Gasteiger partial charge in [-0.05, 0) is 53.6 Å². The molecule has 0 bridgehead atoms. The van der Waals surface area contributed by atoms with Gasteiger partial charge in [-0.25, -0.2) is 13.8 Å². The van der Waals surface area contributed by atoms with Gasteiger partial charge in [0.2, 0.25) is 0 Å². The maximum Gasteiger partial charge on any atom is 0.125 e. The van der Waals surface area contributed by atoms with Crippen molar-refractivity contribution in [1.29, 1.82) is 0 Å². The van der Waals surface area contributed by atoms with Crippen LogP contribution in [0.2, 0.25) is 0 Å².